The molecule has 0 saturated heterocycles. The molecule has 0 amide bonds. The molecular weight excluding hydrogens is 192 g/mol. The summed E-state index contributed by atoms with van der Waals surface area (Å²) in [5.74, 6) is 6.69. The topological polar surface area (TPSA) is 0 Å². The Morgan fingerprint density at radius 1 is 0.875 bits per heavy atom. The Kier molecular flexibility index (Phi) is 1.42. The Hall–Kier alpha value is -0.260. The van der Waals surface area contributed by atoms with E-state index in [9.17, 15) is 0 Å². The Bertz CT molecular complexity index is 368. The van der Waals surface area contributed by atoms with Gasteiger partial charge in [-0.15, -0.1) is 0 Å². The van der Waals surface area contributed by atoms with Crippen molar-refractivity contribution in [3.63, 3.8) is 0 Å². The molecule has 16 heavy (non-hydrogen) atoms. The van der Waals surface area contributed by atoms with Gasteiger partial charge in [-0.05, 0) is 85.9 Å². The summed E-state index contributed by atoms with van der Waals surface area (Å²) in [6.07, 6.45) is 16.3. The second-order valence-corrected chi connectivity index (χ2v) is 7.51. The maximum absolute atomic E-state index is 2.70. The third-order valence-electron chi connectivity index (χ3n) is 7.22. The minimum absolute atomic E-state index is 0.716. The molecule has 5 fully saturated rings. The van der Waals surface area contributed by atoms with Crippen LogP contribution in [-0.2, 0) is 0 Å². The lowest BCUT2D eigenvalue weighted by molar-refractivity contribution is 0.00835. The third kappa shape index (κ3) is 0.833. The minimum Gasteiger partial charge on any atom is -0.0848 e. The van der Waals surface area contributed by atoms with E-state index in [2.05, 4.69) is 12.2 Å². The first-order valence-corrected chi connectivity index (χ1v) is 7.55. The molecule has 6 aliphatic carbocycles. The highest BCUT2D eigenvalue weighted by molar-refractivity contribution is 5.22. The molecule has 0 aliphatic heterocycles. The zero-order chi connectivity index (χ0) is 10.3. The summed E-state index contributed by atoms with van der Waals surface area (Å²) in [5.41, 5.74) is 0.716. The zero-order valence-corrected chi connectivity index (χ0v) is 10.1. The van der Waals surface area contributed by atoms with Gasteiger partial charge in [0.1, 0.15) is 0 Å². The van der Waals surface area contributed by atoms with Crippen LogP contribution in [0.4, 0.5) is 0 Å². The summed E-state index contributed by atoms with van der Waals surface area (Å²) in [5, 5.41) is 0. The van der Waals surface area contributed by atoms with Crippen LogP contribution >= 0.6 is 0 Å². The Labute approximate surface area is 98.5 Å². The predicted molar refractivity (Wildman–Crippen MR) is 64.8 cm³/mol. The van der Waals surface area contributed by atoms with Crippen molar-refractivity contribution >= 4 is 0 Å². The summed E-state index contributed by atoms with van der Waals surface area (Å²) < 4.78 is 0. The molecule has 0 radical (unpaired) electrons. The van der Waals surface area contributed by atoms with Crippen LogP contribution < -0.4 is 0 Å². The zero-order valence-electron chi connectivity index (χ0n) is 10.1. The minimum atomic E-state index is 0.716. The lowest BCUT2D eigenvalue weighted by Crippen LogP contribution is -2.41. The standard InChI is InChI=1S/C16H22/c1-3-12-11-2-4-13-14(12)9-16(15(13)7-11)6-5-10(1)8-16/h5-6,10-15H,1-4,7-9H2. The van der Waals surface area contributed by atoms with Gasteiger partial charge in [-0.2, -0.15) is 0 Å². The van der Waals surface area contributed by atoms with Crippen LogP contribution in [0.15, 0.2) is 12.2 Å². The smallest absolute Gasteiger partial charge is 0.00786 e. The lowest BCUT2D eigenvalue weighted by atomic mass is 9.56. The summed E-state index contributed by atoms with van der Waals surface area (Å²) in [4.78, 5) is 0. The number of rotatable bonds is 0. The maximum atomic E-state index is 2.70. The maximum Gasteiger partial charge on any atom is -0.00786 e. The molecule has 86 valence electrons. The fourth-order valence-corrected chi connectivity index (χ4v) is 6.78. The highest BCUT2D eigenvalue weighted by Gasteiger charge is 2.62. The van der Waals surface area contributed by atoms with E-state index >= 15 is 0 Å². The highest BCUT2D eigenvalue weighted by atomic mass is 14.7. The number of hydrogen-bond donors (Lipinski definition) is 0. The van der Waals surface area contributed by atoms with Gasteiger partial charge in [0, 0.05) is 0 Å². The molecular formula is C16H22. The van der Waals surface area contributed by atoms with Crippen molar-refractivity contribution < 1.29 is 0 Å². The van der Waals surface area contributed by atoms with Crippen LogP contribution in [0.3, 0.4) is 0 Å². The van der Waals surface area contributed by atoms with Gasteiger partial charge < -0.3 is 0 Å². The Balaban J connectivity index is 1.70. The second kappa shape index (κ2) is 2.60. The molecule has 7 unspecified atom stereocenters. The molecule has 0 nitrogen and oxygen atoms in total. The van der Waals surface area contributed by atoms with Gasteiger partial charge in [-0.25, -0.2) is 0 Å². The Morgan fingerprint density at radius 3 is 2.81 bits per heavy atom. The van der Waals surface area contributed by atoms with Crippen LogP contribution in [0.1, 0.15) is 44.9 Å². The molecule has 6 aliphatic rings. The van der Waals surface area contributed by atoms with Crippen LogP contribution in [0.2, 0.25) is 0 Å². The van der Waals surface area contributed by atoms with Crippen LogP contribution in [0.5, 0.6) is 0 Å². The average Bonchev–Trinajstić information content (AvgIpc) is 2.83. The van der Waals surface area contributed by atoms with Crippen molar-refractivity contribution in [1.29, 1.82) is 0 Å². The predicted octanol–water partition coefficient (Wildman–Crippen LogP) is 4.02. The quantitative estimate of drug-likeness (QED) is 0.534. The molecule has 5 saturated carbocycles. The van der Waals surface area contributed by atoms with Crippen LogP contribution in [0, 0.1) is 40.9 Å². The molecule has 6 bridgehead atoms. The van der Waals surface area contributed by atoms with Crippen molar-refractivity contribution in [1.82, 2.24) is 0 Å². The molecule has 0 heterocycles. The second-order valence-electron chi connectivity index (χ2n) is 7.51. The van der Waals surface area contributed by atoms with Gasteiger partial charge in [0.15, 0.2) is 0 Å². The molecule has 0 aromatic heterocycles. The Morgan fingerprint density at radius 2 is 1.81 bits per heavy atom. The van der Waals surface area contributed by atoms with E-state index in [4.69, 9.17) is 0 Å². The van der Waals surface area contributed by atoms with Crippen LogP contribution in [0.25, 0.3) is 0 Å². The molecule has 0 aromatic rings. The van der Waals surface area contributed by atoms with Gasteiger partial charge in [0.05, 0.1) is 0 Å². The van der Waals surface area contributed by atoms with Crippen molar-refractivity contribution in [2.45, 2.75) is 44.9 Å². The third-order valence-corrected chi connectivity index (χ3v) is 7.22. The van der Waals surface area contributed by atoms with E-state index < -0.39 is 0 Å². The van der Waals surface area contributed by atoms with Gasteiger partial charge in [-0.3, -0.25) is 0 Å². The SMILES string of the molecule is C1=CC23CC1CCC1C4CCC(C1C2)C3C4. The number of allylic oxidation sites excluding steroid dienone is 2. The molecule has 0 aromatic carbocycles. The highest BCUT2D eigenvalue weighted by Crippen LogP contribution is 2.70. The first kappa shape index (κ1) is 8.78. The average molecular weight is 214 g/mol. The molecule has 0 heteroatoms. The normalized spacial score (nSPS) is 65.0. The molecule has 0 N–H and O–H groups in total. The number of fused-ring (bicyclic) bond motifs is 2. The lowest BCUT2D eigenvalue weighted by Gasteiger charge is -2.49. The van der Waals surface area contributed by atoms with Crippen LogP contribution in [-0.4, -0.2) is 0 Å². The first-order chi connectivity index (χ1) is 7.86. The molecule has 1 spiro atoms. The first-order valence-electron chi connectivity index (χ1n) is 7.55. The van der Waals surface area contributed by atoms with E-state index in [1.165, 1.54) is 6.42 Å². The fraction of sp³-hybridized carbons (Fsp3) is 0.875. The largest absolute Gasteiger partial charge is 0.0848 e. The van der Waals surface area contributed by atoms with E-state index in [1.807, 2.05) is 0 Å². The number of hydrogen-bond acceptors (Lipinski definition) is 0. The van der Waals surface area contributed by atoms with Crippen molar-refractivity contribution in [3.05, 3.63) is 12.2 Å². The summed E-state index contributed by atoms with van der Waals surface area (Å²) in [6.45, 7) is 0. The van der Waals surface area contributed by atoms with E-state index in [0.29, 0.717) is 5.41 Å². The van der Waals surface area contributed by atoms with Gasteiger partial charge in [0.25, 0.3) is 0 Å². The fourth-order valence-electron chi connectivity index (χ4n) is 6.78. The van der Waals surface area contributed by atoms with Gasteiger partial charge in [0.2, 0.25) is 0 Å². The summed E-state index contributed by atoms with van der Waals surface area (Å²) in [7, 11) is 0. The van der Waals surface area contributed by atoms with Crippen molar-refractivity contribution in [2.75, 3.05) is 0 Å². The van der Waals surface area contributed by atoms with Crippen molar-refractivity contribution in [2.24, 2.45) is 40.9 Å². The summed E-state index contributed by atoms with van der Waals surface area (Å²) >= 11 is 0. The van der Waals surface area contributed by atoms with E-state index in [-0.39, 0.29) is 0 Å². The van der Waals surface area contributed by atoms with E-state index in [0.717, 1.165) is 35.5 Å². The van der Waals surface area contributed by atoms with E-state index in [1.54, 1.807) is 38.5 Å². The van der Waals surface area contributed by atoms with Gasteiger partial charge in [-0.1, -0.05) is 12.2 Å². The van der Waals surface area contributed by atoms with Crippen molar-refractivity contribution in [3.8, 4) is 0 Å². The molecule has 6 rings (SSSR count). The molecule has 7 atom stereocenters. The van der Waals surface area contributed by atoms with Gasteiger partial charge >= 0.3 is 0 Å². The summed E-state index contributed by atoms with van der Waals surface area (Å²) in [6, 6.07) is 0. The monoisotopic (exact) mass is 214 g/mol.